The van der Waals surface area contributed by atoms with Gasteiger partial charge in [0.1, 0.15) is 29.5 Å². The number of aliphatic hydroxyl groups is 3. The molecule has 3 aliphatic rings. The molecule has 12 nitrogen and oxygen atoms in total. The molecule has 0 aromatic rings. The molecule has 0 radical (unpaired) electrons. The van der Waals surface area contributed by atoms with Crippen LogP contribution in [0, 0.1) is 23.7 Å². The number of carbonyl (C=O) groups excluding carboxylic acids is 2. The van der Waals surface area contributed by atoms with Gasteiger partial charge in [0.2, 0.25) is 0 Å². The van der Waals surface area contributed by atoms with E-state index in [0.29, 0.717) is 13.0 Å². The Labute approximate surface area is 294 Å². The van der Waals surface area contributed by atoms with E-state index in [1.54, 1.807) is 27.7 Å². The molecule has 16 unspecified atom stereocenters. The number of ether oxygens (including phenoxy) is 5. The minimum absolute atomic E-state index is 0.0212. The molecule has 284 valence electrons. The van der Waals surface area contributed by atoms with Crippen molar-refractivity contribution in [1.29, 1.82) is 0 Å². The highest BCUT2D eigenvalue weighted by molar-refractivity contribution is 5.85. The lowest BCUT2D eigenvalue weighted by Gasteiger charge is -2.46. The Kier molecular flexibility index (Phi) is 14.9. The smallest absolute Gasteiger partial charge is 0.311 e. The Morgan fingerprint density at radius 1 is 1.00 bits per heavy atom. The van der Waals surface area contributed by atoms with E-state index in [1.165, 1.54) is 13.0 Å². The summed E-state index contributed by atoms with van der Waals surface area (Å²) in [4.78, 5) is 28.8. The highest BCUT2D eigenvalue weighted by Crippen LogP contribution is 2.39. The highest BCUT2D eigenvalue weighted by Gasteiger charge is 2.50. The largest absolute Gasteiger partial charge is 0.459 e. The molecule has 49 heavy (non-hydrogen) atoms. The molecule has 3 saturated heterocycles. The minimum atomic E-state index is -1.77. The predicted molar refractivity (Wildman–Crippen MR) is 185 cm³/mol. The van der Waals surface area contributed by atoms with Gasteiger partial charge in [0.25, 0.3) is 0 Å². The molecule has 3 heterocycles. The van der Waals surface area contributed by atoms with E-state index >= 15 is 0 Å². The number of hydrogen-bond donors (Lipinski definition) is 4. The normalized spacial score (nSPS) is 46.8. The summed E-state index contributed by atoms with van der Waals surface area (Å²) in [5, 5.41) is 38.7. The van der Waals surface area contributed by atoms with Crippen LogP contribution in [0.15, 0.2) is 12.7 Å². The number of esters is 1. The van der Waals surface area contributed by atoms with Gasteiger partial charge in [-0.05, 0) is 80.4 Å². The van der Waals surface area contributed by atoms with Crippen LogP contribution in [0.3, 0.4) is 0 Å². The van der Waals surface area contributed by atoms with E-state index in [0.717, 1.165) is 6.42 Å². The fourth-order valence-electron chi connectivity index (χ4n) is 7.87. The first-order valence-corrected chi connectivity index (χ1v) is 18.3. The second kappa shape index (κ2) is 17.4. The van der Waals surface area contributed by atoms with Gasteiger partial charge in [0.05, 0.1) is 24.2 Å². The number of hydrogen-bond acceptors (Lipinski definition) is 12. The average Bonchev–Trinajstić information content (AvgIpc) is 3.04. The van der Waals surface area contributed by atoms with E-state index in [4.69, 9.17) is 23.7 Å². The molecule has 0 bridgehead atoms. The summed E-state index contributed by atoms with van der Waals surface area (Å²) in [7, 11) is 4.04. The van der Waals surface area contributed by atoms with Gasteiger partial charge in [0.15, 0.2) is 18.4 Å². The lowest BCUT2D eigenvalue weighted by atomic mass is 9.77. The molecule has 0 saturated carbocycles. The molecule has 0 spiro atoms. The SMILES string of the molecule is C=CC1(O)CC(C)CNC(C)C(O)C(C)(O)C(CC)OC(=O)C(C)C(OC2CC(C)C(=O)C(C)O2)C(C)C1OC1CC(N(C)C)CC(C)O1. The van der Waals surface area contributed by atoms with Gasteiger partial charge in [-0.2, -0.15) is 0 Å². The van der Waals surface area contributed by atoms with Gasteiger partial charge in [-0.15, -0.1) is 6.58 Å². The maximum atomic E-state index is 14.1. The first-order valence-electron chi connectivity index (χ1n) is 18.3. The Hall–Kier alpha value is -1.48. The molecular weight excluding hydrogens is 632 g/mol. The van der Waals surface area contributed by atoms with Crippen LogP contribution in [-0.4, -0.2) is 125 Å². The predicted octanol–water partition coefficient (Wildman–Crippen LogP) is 3.19. The van der Waals surface area contributed by atoms with Gasteiger partial charge in [-0.3, -0.25) is 9.59 Å². The zero-order chi connectivity index (χ0) is 37.0. The van der Waals surface area contributed by atoms with Crippen LogP contribution in [0.4, 0.5) is 0 Å². The monoisotopic (exact) mass is 698 g/mol. The zero-order valence-electron chi connectivity index (χ0n) is 31.8. The van der Waals surface area contributed by atoms with Crippen LogP contribution >= 0.6 is 0 Å². The van der Waals surface area contributed by atoms with Crippen molar-refractivity contribution in [3.8, 4) is 0 Å². The maximum absolute atomic E-state index is 14.1. The summed E-state index contributed by atoms with van der Waals surface area (Å²) in [5.41, 5.74) is -3.38. The lowest BCUT2D eigenvalue weighted by molar-refractivity contribution is -0.278. The van der Waals surface area contributed by atoms with E-state index in [1.807, 2.05) is 41.8 Å². The molecule has 0 amide bonds. The van der Waals surface area contributed by atoms with Crippen molar-refractivity contribution in [2.24, 2.45) is 23.7 Å². The van der Waals surface area contributed by atoms with Crippen molar-refractivity contribution < 1.29 is 48.6 Å². The average molecular weight is 699 g/mol. The molecule has 16 atom stereocenters. The third-order valence-electron chi connectivity index (χ3n) is 11.1. The second-order valence-electron chi connectivity index (χ2n) is 15.7. The van der Waals surface area contributed by atoms with Gasteiger partial charge in [-0.1, -0.05) is 33.8 Å². The summed E-state index contributed by atoms with van der Waals surface area (Å²) < 4.78 is 31.8. The van der Waals surface area contributed by atoms with Gasteiger partial charge < -0.3 is 49.2 Å². The van der Waals surface area contributed by atoms with E-state index in [2.05, 4.69) is 16.8 Å². The Morgan fingerprint density at radius 2 is 1.63 bits per heavy atom. The standard InChI is InChI=1S/C37H66N2O10/c1-13-28-36(10,43)33(41)25(8)38-19-20(3)18-37(44,14-2)34(49-30-17-27(39(11)12)16-22(5)45-30)23(6)32(24(7)35(42)47-28)48-29-15-21(4)31(40)26(9)46-29/h14,20-30,32-34,38,41,43-44H,2,13,15-19H2,1,3-12H3. The van der Waals surface area contributed by atoms with Crippen LogP contribution in [0.25, 0.3) is 0 Å². The summed E-state index contributed by atoms with van der Waals surface area (Å²) in [6.07, 6.45) is -2.79. The number of aliphatic hydroxyl groups excluding tert-OH is 1. The van der Waals surface area contributed by atoms with Crippen LogP contribution in [-0.2, 0) is 33.3 Å². The van der Waals surface area contributed by atoms with E-state index in [9.17, 15) is 24.9 Å². The van der Waals surface area contributed by atoms with Gasteiger partial charge in [-0.25, -0.2) is 0 Å². The number of cyclic esters (lactones) is 1. The fourth-order valence-corrected chi connectivity index (χ4v) is 7.87. The molecule has 3 rings (SSSR count). The Balaban J connectivity index is 2.13. The lowest BCUT2D eigenvalue weighted by Crippen LogP contribution is -2.58. The Bertz CT molecular complexity index is 1090. The van der Waals surface area contributed by atoms with Crippen LogP contribution in [0.1, 0.15) is 94.4 Å². The minimum Gasteiger partial charge on any atom is -0.459 e. The topological polar surface area (TPSA) is 156 Å². The van der Waals surface area contributed by atoms with Crippen LogP contribution in [0.2, 0.25) is 0 Å². The quantitative estimate of drug-likeness (QED) is 0.228. The second-order valence-corrected chi connectivity index (χ2v) is 15.7. The molecule has 4 N–H and O–H groups in total. The van der Waals surface area contributed by atoms with Gasteiger partial charge >= 0.3 is 5.97 Å². The highest BCUT2D eigenvalue weighted by atomic mass is 16.7. The molecule has 3 fully saturated rings. The summed E-state index contributed by atoms with van der Waals surface area (Å²) in [6, 6.07) is -0.378. The zero-order valence-corrected chi connectivity index (χ0v) is 31.8. The number of rotatable bonds is 7. The third-order valence-corrected chi connectivity index (χ3v) is 11.1. The van der Waals surface area contributed by atoms with Crippen LogP contribution in [0.5, 0.6) is 0 Å². The molecule has 0 aromatic heterocycles. The number of carbonyl (C=O) groups is 2. The molecular formula is C37H66N2O10. The van der Waals surface area contributed by atoms with Crippen molar-refractivity contribution in [3.05, 3.63) is 12.7 Å². The van der Waals surface area contributed by atoms with E-state index in [-0.39, 0.29) is 49.0 Å². The van der Waals surface area contributed by atoms with Crippen molar-refractivity contribution >= 4 is 11.8 Å². The maximum Gasteiger partial charge on any atom is 0.311 e. The molecule has 0 aliphatic carbocycles. The van der Waals surface area contributed by atoms with Crippen LogP contribution < -0.4 is 5.32 Å². The van der Waals surface area contributed by atoms with Crippen molar-refractivity contribution in [2.45, 2.75) is 167 Å². The number of nitrogens with one attached hydrogen (secondary N) is 1. The third kappa shape index (κ3) is 10.1. The van der Waals surface area contributed by atoms with E-state index < -0.39 is 78.1 Å². The number of Topliss-reactive ketones (excluding diaryl/α,β-unsaturated/α-hetero) is 1. The summed E-state index contributed by atoms with van der Waals surface area (Å²) in [5.74, 6) is -2.73. The first kappa shape index (κ1) is 41.9. The molecule has 3 aliphatic heterocycles. The van der Waals surface area contributed by atoms with Crippen molar-refractivity contribution in [1.82, 2.24) is 10.2 Å². The molecule has 0 aromatic carbocycles. The Morgan fingerprint density at radius 3 is 2.20 bits per heavy atom. The first-order chi connectivity index (χ1) is 22.7. The summed E-state index contributed by atoms with van der Waals surface area (Å²) in [6.45, 7) is 20.5. The summed E-state index contributed by atoms with van der Waals surface area (Å²) >= 11 is 0. The van der Waals surface area contributed by atoms with Crippen molar-refractivity contribution in [3.63, 3.8) is 0 Å². The molecule has 12 heteroatoms. The van der Waals surface area contributed by atoms with Crippen molar-refractivity contribution in [2.75, 3.05) is 20.6 Å². The fraction of sp³-hybridized carbons (Fsp3) is 0.892. The number of nitrogens with zero attached hydrogens (tertiary/aromatic N) is 1. The van der Waals surface area contributed by atoms with Gasteiger partial charge in [0, 0.05) is 36.8 Å². The number of ketones is 1.